The molecular weight excluding hydrogens is 509 g/mol. The molecule has 0 radical (unpaired) electrons. The van der Waals surface area contributed by atoms with E-state index in [0.717, 1.165) is 0 Å². The summed E-state index contributed by atoms with van der Waals surface area (Å²) in [7, 11) is -5.44. The average Bonchev–Trinajstić information content (AvgIpc) is 2.70. The Bertz CT molecular complexity index is 935. The molecule has 34 heavy (non-hydrogen) atoms. The van der Waals surface area contributed by atoms with Crippen LogP contribution in [0.2, 0.25) is 0 Å². The number of halogens is 9. The molecule has 0 atom stereocenters. The second kappa shape index (κ2) is 10.3. The van der Waals surface area contributed by atoms with Crippen molar-refractivity contribution in [2.75, 3.05) is 32.7 Å². The van der Waals surface area contributed by atoms with E-state index in [1.54, 1.807) is 4.90 Å². The Hall–Kier alpha value is -2.07. The zero-order valence-corrected chi connectivity index (χ0v) is 18.1. The van der Waals surface area contributed by atoms with E-state index in [4.69, 9.17) is 0 Å². The average molecular weight is 529 g/mol. The molecule has 194 valence electrons. The summed E-state index contributed by atoms with van der Waals surface area (Å²) in [6, 6.07) is 0.575. The van der Waals surface area contributed by atoms with Gasteiger partial charge in [-0.15, -0.1) is 0 Å². The van der Waals surface area contributed by atoms with Crippen LogP contribution in [0, 0.1) is 5.92 Å². The van der Waals surface area contributed by atoms with Crippen LogP contribution in [0.5, 0.6) is 0 Å². The van der Waals surface area contributed by atoms with Gasteiger partial charge in [-0.05, 0) is 50.0 Å². The third-order valence-corrected chi connectivity index (χ3v) is 6.33. The molecule has 0 bridgehead atoms. The Morgan fingerprint density at radius 3 is 1.85 bits per heavy atom. The number of hydrogen-bond donors (Lipinski definition) is 2. The van der Waals surface area contributed by atoms with Crippen molar-refractivity contribution < 1.29 is 52.7 Å². The van der Waals surface area contributed by atoms with E-state index >= 15 is 0 Å². The third kappa shape index (κ3) is 7.73. The first kappa shape index (κ1) is 28.2. The van der Waals surface area contributed by atoms with Gasteiger partial charge in [-0.3, -0.25) is 4.79 Å². The monoisotopic (exact) mass is 529 g/mol. The van der Waals surface area contributed by atoms with Crippen molar-refractivity contribution in [2.45, 2.75) is 30.7 Å². The number of hydrogen-bond acceptors (Lipinski definition) is 4. The number of sulfonamides is 1. The van der Waals surface area contributed by atoms with Gasteiger partial charge in [0.15, 0.2) is 0 Å². The SMILES string of the molecule is O=C(NCC1CCN(CCNS(=O)(=O)C(F)(F)F)CC1)c1cc(C(F)(F)F)cc(C(F)(F)F)c1. The van der Waals surface area contributed by atoms with Crippen molar-refractivity contribution in [3.8, 4) is 0 Å². The maximum Gasteiger partial charge on any atom is 0.511 e. The van der Waals surface area contributed by atoms with Crippen molar-refractivity contribution in [2.24, 2.45) is 5.92 Å². The number of amides is 1. The lowest BCUT2D eigenvalue weighted by Gasteiger charge is -2.32. The number of carbonyl (C=O) groups excluding carboxylic acids is 1. The molecular formula is C18H20F9N3O3S. The van der Waals surface area contributed by atoms with Crippen molar-refractivity contribution in [1.29, 1.82) is 0 Å². The molecule has 0 spiro atoms. The van der Waals surface area contributed by atoms with Crippen LogP contribution >= 0.6 is 0 Å². The second-order valence-electron chi connectivity index (χ2n) is 7.63. The standard InChI is InChI=1S/C18H20F9N3O3S/c19-16(20,21)13-7-12(8-14(9-13)17(22,23)24)15(31)28-10-11-1-4-30(5-2-11)6-3-29-34(32,33)18(25,26)27/h7-9,11,29H,1-6,10H2,(H,28,31). The fourth-order valence-corrected chi connectivity index (χ4v) is 3.78. The minimum absolute atomic E-state index is 0.00115. The molecule has 16 heteroatoms. The molecule has 1 amide bonds. The Morgan fingerprint density at radius 2 is 1.41 bits per heavy atom. The van der Waals surface area contributed by atoms with E-state index in [0.29, 0.717) is 38.1 Å². The second-order valence-corrected chi connectivity index (χ2v) is 9.39. The van der Waals surface area contributed by atoms with Crippen molar-refractivity contribution >= 4 is 15.9 Å². The van der Waals surface area contributed by atoms with Gasteiger partial charge in [0, 0.05) is 25.2 Å². The highest BCUT2D eigenvalue weighted by Crippen LogP contribution is 2.36. The predicted molar refractivity (Wildman–Crippen MR) is 101 cm³/mol. The smallest absolute Gasteiger partial charge is 0.352 e. The van der Waals surface area contributed by atoms with Gasteiger partial charge in [-0.25, -0.2) is 13.1 Å². The van der Waals surface area contributed by atoms with Gasteiger partial charge in [0.05, 0.1) is 11.1 Å². The van der Waals surface area contributed by atoms with E-state index in [1.165, 1.54) is 4.72 Å². The first-order valence-corrected chi connectivity index (χ1v) is 11.2. The summed E-state index contributed by atoms with van der Waals surface area (Å²) in [5, 5.41) is 2.31. The van der Waals surface area contributed by atoms with Gasteiger partial charge < -0.3 is 10.2 Å². The summed E-state index contributed by atoms with van der Waals surface area (Å²) < 4.78 is 138. The van der Waals surface area contributed by atoms with Crippen LogP contribution in [0.25, 0.3) is 0 Å². The van der Waals surface area contributed by atoms with Crippen LogP contribution in [0.1, 0.15) is 34.3 Å². The molecule has 0 aliphatic carbocycles. The van der Waals surface area contributed by atoms with Gasteiger partial charge in [-0.2, -0.15) is 39.5 Å². The zero-order valence-electron chi connectivity index (χ0n) is 17.2. The van der Waals surface area contributed by atoms with Gasteiger partial charge in [0.1, 0.15) is 0 Å². The molecule has 2 N–H and O–H groups in total. The Kier molecular flexibility index (Phi) is 8.51. The maximum absolute atomic E-state index is 12.9. The number of nitrogens with one attached hydrogen (secondary N) is 2. The zero-order chi connectivity index (χ0) is 25.9. The van der Waals surface area contributed by atoms with Gasteiger partial charge in [0.2, 0.25) is 0 Å². The highest BCUT2D eigenvalue weighted by atomic mass is 32.2. The molecule has 1 aliphatic heterocycles. The van der Waals surface area contributed by atoms with Crippen molar-refractivity contribution in [1.82, 2.24) is 14.9 Å². The van der Waals surface area contributed by atoms with E-state index in [-0.39, 0.29) is 25.1 Å². The lowest BCUT2D eigenvalue weighted by Crippen LogP contribution is -2.44. The molecule has 1 aliphatic rings. The summed E-state index contributed by atoms with van der Waals surface area (Å²) in [5.74, 6) is -1.29. The van der Waals surface area contributed by atoms with E-state index in [9.17, 15) is 52.7 Å². The Labute approximate surface area is 188 Å². The number of likely N-dealkylation sites (tertiary alicyclic amines) is 1. The van der Waals surface area contributed by atoms with Crippen molar-refractivity contribution in [3.63, 3.8) is 0 Å². The summed E-state index contributed by atoms with van der Waals surface area (Å²) in [6.07, 6.45) is -9.33. The number of alkyl halides is 9. The summed E-state index contributed by atoms with van der Waals surface area (Å²) in [6.45, 7) is 0.177. The fourth-order valence-electron chi connectivity index (χ4n) is 3.26. The predicted octanol–water partition coefficient (Wildman–Crippen LogP) is 3.61. The molecule has 6 nitrogen and oxygen atoms in total. The first-order chi connectivity index (χ1) is 15.4. The van der Waals surface area contributed by atoms with Crippen LogP contribution in [0.3, 0.4) is 0 Å². The van der Waals surface area contributed by atoms with Gasteiger partial charge >= 0.3 is 27.9 Å². The molecule has 1 saturated heterocycles. The fraction of sp³-hybridized carbons (Fsp3) is 0.611. The molecule has 0 unspecified atom stereocenters. The summed E-state index contributed by atoms with van der Waals surface area (Å²) in [5.41, 5.74) is -9.43. The minimum atomic E-state index is -5.44. The Morgan fingerprint density at radius 1 is 0.912 bits per heavy atom. The van der Waals surface area contributed by atoms with Crippen LogP contribution in [-0.4, -0.2) is 57.5 Å². The molecule has 1 aromatic carbocycles. The normalized spacial score (nSPS) is 17.1. The van der Waals surface area contributed by atoms with E-state index in [2.05, 4.69) is 5.32 Å². The summed E-state index contributed by atoms with van der Waals surface area (Å²) >= 11 is 0. The van der Waals surface area contributed by atoms with Crippen molar-refractivity contribution in [3.05, 3.63) is 34.9 Å². The number of benzene rings is 1. The number of nitrogens with zero attached hydrogens (tertiary/aromatic N) is 1. The molecule has 2 rings (SSSR count). The van der Waals surface area contributed by atoms with Crippen LogP contribution in [0.4, 0.5) is 39.5 Å². The highest BCUT2D eigenvalue weighted by Gasteiger charge is 2.45. The molecule has 0 aromatic heterocycles. The van der Waals surface area contributed by atoms with E-state index < -0.39 is 57.0 Å². The third-order valence-electron chi connectivity index (χ3n) is 5.13. The van der Waals surface area contributed by atoms with Gasteiger partial charge in [-0.1, -0.05) is 0 Å². The van der Waals surface area contributed by atoms with Gasteiger partial charge in [0.25, 0.3) is 5.91 Å². The topological polar surface area (TPSA) is 78.5 Å². The minimum Gasteiger partial charge on any atom is -0.352 e. The van der Waals surface area contributed by atoms with Crippen LogP contribution < -0.4 is 10.0 Å². The molecule has 1 aromatic rings. The molecule has 0 saturated carbocycles. The first-order valence-electron chi connectivity index (χ1n) is 9.76. The lowest BCUT2D eigenvalue weighted by atomic mass is 9.96. The van der Waals surface area contributed by atoms with E-state index in [1.807, 2.05) is 0 Å². The summed E-state index contributed by atoms with van der Waals surface area (Å²) in [4.78, 5) is 13.9. The van der Waals surface area contributed by atoms with Crippen LogP contribution in [-0.2, 0) is 22.4 Å². The van der Waals surface area contributed by atoms with Crippen LogP contribution in [0.15, 0.2) is 18.2 Å². The largest absolute Gasteiger partial charge is 0.511 e. The lowest BCUT2D eigenvalue weighted by molar-refractivity contribution is -0.143. The maximum atomic E-state index is 12.9. The molecule has 1 fully saturated rings. The number of piperidine rings is 1. The highest BCUT2D eigenvalue weighted by molar-refractivity contribution is 7.90. The Balaban J connectivity index is 1.88. The molecule has 1 heterocycles. The number of carbonyl (C=O) groups is 1. The number of rotatable bonds is 7. The quantitative estimate of drug-likeness (QED) is 0.530.